The first-order valence-corrected chi connectivity index (χ1v) is 10.6. The van der Waals surface area contributed by atoms with E-state index in [1.54, 1.807) is 13.2 Å². The van der Waals surface area contributed by atoms with Gasteiger partial charge in [0.25, 0.3) is 0 Å². The van der Waals surface area contributed by atoms with Crippen LogP contribution < -0.4 is 15.4 Å². The lowest BCUT2D eigenvalue weighted by Gasteiger charge is -2.33. The summed E-state index contributed by atoms with van der Waals surface area (Å²) in [6.45, 7) is 9.21. The Kier molecular flexibility index (Phi) is 5.48. The molecular weight excluding hydrogens is 387 g/mol. The summed E-state index contributed by atoms with van der Waals surface area (Å²) in [5.41, 5.74) is 8.75. The van der Waals surface area contributed by atoms with E-state index in [-0.39, 0.29) is 11.4 Å². The van der Waals surface area contributed by atoms with Gasteiger partial charge in [0.05, 0.1) is 12.6 Å². The number of rotatable bonds is 5. The smallest absolute Gasteiger partial charge is 0.129 e. The Balaban J connectivity index is 1.85. The zero-order valence-electron chi connectivity index (χ0n) is 18.8. The Hall–Kier alpha value is -3.27. The van der Waals surface area contributed by atoms with Crippen molar-refractivity contribution in [2.24, 2.45) is 0 Å². The minimum Gasteiger partial charge on any atom is -0.496 e. The van der Waals surface area contributed by atoms with Crippen LogP contribution in [0.1, 0.15) is 37.5 Å². The number of hydrogen-bond acceptors (Lipinski definition) is 3. The van der Waals surface area contributed by atoms with Crippen molar-refractivity contribution in [1.29, 1.82) is 0 Å². The molecule has 0 aliphatic carbocycles. The maximum Gasteiger partial charge on any atom is 0.129 e. The van der Waals surface area contributed by atoms with Crippen molar-refractivity contribution in [2.75, 3.05) is 17.7 Å². The number of nitrogens with one attached hydrogen (secondary N) is 2. The van der Waals surface area contributed by atoms with Gasteiger partial charge in [-0.3, -0.25) is 0 Å². The number of ether oxygens (including phenoxy) is 1. The number of fused-ring (bicyclic) bond motifs is 1. The van der Waals surface area contributed by atoms with Crippen molar-refractivity contribution in [3.05, 3.63) is 83.2 Å². The van der Waals surface area contributed by atoms with E-state index in [4.69, 9.17) is 4.74 Å². The molecule has 0 atom stereocenters. The van der Waals surface area contributed by atoms with E-state index < -0.39 is 0 Å². The summed E-state index contributed by atoms with van der Waals surface area (Å²) < 4.78 is 19.4. The molecule has 3 nitrogen and oxygen atoms in total. The second-order valence-corrected chi connectivity index (χ2v) is 8.75. The summed E-state index contributed by atoms with van der Waals surface area (Å²) in [7, 11) is 1.58. The molecule has 0 fully saturated rings. The van der Waals surface area contributed by atoms with Crippen LogP contribution in [0.3, 0.4) is 0 Å². The summed E-state index contributed by atoms with van der Waals surface area (Å²) >= 11 is 0. The largest absolute Gasteiger partial charge is 0.496 e. The molecule has 0 radical (unpaired) electrons. The molecule has 0 spiro atoms. The van der Waals surface area contributed by atoms with Gasteiger partial charge >= 0.3 is 0 Å². The first kappa shape index (κ1) is 21.0. The van der Waals surface area contributed by atoms with Crippen molar-refractivity contribution in [3.8, 4) is 16.9 Å². The van der Waals surface area contributed by atoms with Crippen molar-refractivity contribution in [1.82, 2.24) is 0 Å². The predicted octanol–water partition coefficient (Wildman–Crippen LogP) is 7.03. The zero-order chi connectivity index (χ0) is 22.2. The molecule has 31 heavy (non-hydrogen) atoms. The third kappa shape index (κ3) is 4.29. The minimum absolute atomic E-state index is 0.117. The molecular formula is C27H29FN2O. The molecule has 1 heterocycles. The van der Waals surface area contributed by atoms with Crippen LogP contribution in [-0.2, 0) is 6.54 Å². The normalized spacial score (nSPS) is 14.3. The third-order valence-corrected chi connectivity index (χ3v) is 5.72. The Morgan fingerprint density at radius 2 is 1.68 bits per heavy atom. The topological polar surface area (TPSA) is 33.3 Å². The highest BCUT2D eigenvalue weighted by atomic mass is 19.1. The zero-order valence-corrected chi connectivity index (χ0v) is 18.8. The monoisotopic (exact) mass is 416 g/mol. The van der Waals surface area contributed by atoms with Crippen molar-refractivity contribution < 1.29 is 9.13 Å². The lowest BCUT2D eigenvalue weighted by Crippen LogP contribution is -2.32. The quantitative estimate of drug-likeness (QED) is 0.468. The second-order valence-electron chi connectivity index (χ2n) is 8.75. The average Bonchev–Trinajstić information content (AvgIpc) is 2.72. The molecule has 4 rings (SSSR count). The molecule has 4 heteroatoms. The van der Waals surface area contributed by atoms with Crippen LogP contribution in [0, 0.1) is 12.7 Å². The number of anilines is 2. The minimum atomic E-state index is -0.308. The van der Waals surface area contributed by atoms with Gasteiger partial charge in [-0.15, -0.1) is 0 Å². The summed E-state index contributed by atoms with van der Waals surface area (Å²) in [4.78, 5) is 0. The molecule has 1 aliphatic heterocycles. The van der Waals surface area contributed by atoms with Crippen LogP contribution in [0.4, 0.5) is 15.8 Å². The fraction of sp³-hybridized carbons (Fsp3) is 0.259. The molecule has 2 N–H and O–H groups in total. The number of halogens is 1. The highest BCUT2D eigenvalue weighted by Gasteiger charge is 2.26. The van der Waals surface area contributed by atoms with Crippen LogP contribution in [0.25, 0.3) is 16.7 Å². The molecule has 0 bridgehead atoms. The van der Waals surface area contributed by atoms with E-state index in [1.807, 2.05) is 0 Å². The van der Waals surface area contributed by atoms with Gasteiger partial charge in [-0.05, 0) is 74.7 Å². The maximum atomic E-state index is 13.9. The van der Waals surface area contributed by atoms with E-state index in [1.165, 1.54) is 28.8 Å². The number of benzene rings is 3. The Morgan fingerprint density at radius 1 is 0.968 bits per heavy atom. The molecule has 160 valence electrons. The molecule has 0 amide bonds. The van der Waals surface area contributed by atoms with E-state index >= 15 is 0 Å². The van der Waals surface area contributed by atoms with Gasteiger partial charge in [0.2, 0.25) is 0 Å². The Morgan fingerprint density at radius 3 is 2.39 bits per heavy atom. The number of methoxy groups -OCH3 is 1. The van der Waals surface area contributed by atoms with Gasteiger partial charge in [-0.1, -0.05) is 29.8 Å². The van der Waals surface area contributed by atoms with Gasteiger partial charge in [-0.25, -0.2) is 4.39 Å². The average molecular weight is 417 g/mol. The molecule has 0 aromatic heterocycles. The van der Waals surface area contributed by atoms with Gasteiger partial charge in [0.15, 0.2) is 0 Å². The predicted molar refractivity (Wildman–Crippen MR) is 128 cm³/mol. The Bertz CT molecular complexity index is 1150. The van der Waals surface area contributed by atoms with Gasteiger partial charge in [0.1, 0.15) is 11.6 Å². The van der Waals surface area contributed by atoms with Crippen LogP contribution in [0.5, 0.6) is 5.75 Å². The standard InChI is InChI=1S/C27H29FN2O/c1-17-6-9-20(10-7-17)29-16-23-21(22-11-8-19(28)14-25(22)31-5)12-13-24-26(23)18(2)15-27(3,4)30-24/h6-15,29-30H,16H2,1-5H3. The second kappa shape index (κ2) is 8.10. The number of allylic oxidation sites excluding steroid dienone is 1. The summed E-state index contributed by atoms with van der Waals surface area (Å²) in [6, 6.07) is 17.3. The SMILES string of the molecule is COc1cc(F)ccc1-c1ccc2c(c1CNc1ccc(C)cc1)C(C)=CC(C)(C)N2. The van der Waals surface area contributed by atoms with Gasteiger partial charge in [0, 0.05) is 35.1 Å². The lowest BCUT2D eigenvalue weighted by atomic mass is 9.85. The van der Waals surface area contributed by atoms with Crippen molar-refractivity contribution in [3.63, 3.8) is 0 Å². The third-order valence-electron chi connectivity index (χ3n) is 5.72. The van der Waals surface area contributed by atoms with Crippen molar-refractivity contribution >= 4 is 16.9 Å². The fourth-order valence-electron chi connectivity index (χ4n) is 4.38. The van der Waals surface area contributed by atoms with E-state index in [0.717, 1.165) is 28.1 Å². The summed E-state index contributed by atoms with van der Waals surface area (Å²) in [6.07, 6.45) is 2.26. The molecule has 0 unspecified atom stereocenters. The maximum absolute atomic E-state index is 13.9. The van der Waals surface area contributed by atoms with Gasteiger partial charge < -0.3 is 15.4 Å². The van der Waals surface area contributed by atoms with E-state index in [0.29, 0.717) is 12.3 Å². The molecule has 3 aromatic rings. The van der Waals surface area contributed by atoms with Crippen LogP contribution in [0.15, 0.2) is 60.7 Å². The lowest BCUT2D eigenvalue weighted by molar-refractivity contribution is 0.413. The summed E-state index contributed by atoms with van der Waals surface area (Å²) in [5, 5.41) is 7.20. The fourth-order valence-corrected chi connectivity index (χ4v) is 4.38. The molecule has 1 aliphatic rings. The van der Waals surface area contributed by atoms with Crippen molar-refractivity contribution in [2.45, 2.75) is 39.8 Å². The van der Waals surface area contributed by atoms with Crippen LogP contribution in [-0.4, -0.2) is 12.6 Å². The molecule has 0 saturated heterocycles. The first-order chi connectivity index (χ1) is 14.8. The molecule has 0 saturated carbocycles. The number of aryl methyl sites for hydroxylation is 1. The number of hydrogen-bond donors (Lipinski definition) is 2. The highest BCUT2D eigenvalue weighted by Crippen LogP contribution is 2.42. The van der Waals surface area contributed by atoms with E-state index in [9.17, 15) is 4.39 Å². The van der Waals surface area contributed by atoms with Crippen LogP contribution >= 0.6 is 0 Å². The highest BCUT2D eigenvalue weighted by molar-refractivity contribution is 5.88. The van der Waals surface area contributed by atoms with E-state index in [2.05, 4.69) is 80.8 Å². The van der Waals surface area contributed by atoms with Gasteiger partial charge in [-0.2, -0.15) is 0 Å². The Labute approximate surface area is 184 Å². The first-order valence-electron chi connectivity index (χ1n) is 10.6. The summed E-state index contributed by atoms with van der Waals surface area (Å²) in [5.74, 6) is 0.222. The molecule has 3 aromatic carbocycles. The van der Waals surface area contributed by atoms with Crippen LogP contribution in [0.2, 0.25) is 0 Å².